The van der Waals surface area contributed by atoms with Crippen molar-refractivity contribution in [1.82, 2.24) is 10.2 Å². The maximum Gasteiger partial charge on any atom is 0.148 e. The lowest BCUT2D eigenvalue weighted by molar-refractivity contribution is -0.121. The Bertz CT molecular complexity index is 147. The van der Waals surface area contributed by atoms with Gasteiger partial charge in [-0.25, -0.2) is 0 Å². The number of likely N-dealkylation sites (N-methyl/N-ethyl adjacent to an activating group) is 1. The fourth-order valence-corrected chi connectivity index (χ4v) is 1.46. The molecule has 0 radical (unpaired) electrons. The minimum absolute atomic E-state index is 0.0949. The zero-order valence-corrected chi connectivity index (χ0v) is 7.26. The molecule has 1 unspecified atom stereocenters. The number of carbonyl (C=O) groups excluding carboxylic acids is 1. The van der Waals surface area contributed by atoms with Crippen molar-refractivity contribution < 1.29 is 4.79 Å². The SMILES string of the molecule is CC(=O)C1CNCCCN1C. The summed E-state index contributed by atoms with van der Waals surface area (Å²) in [5.74, 6) is 0.266. The number of nitrogens with one attached hydrogen (secondary N) is 1. The Morgan fingerprint density at radius 3 is 3.00 bits per heavy atom. The third kappa shape index (κ3) is 2.27. The molecule has 3 heteroatoms. The molecule has 11 heavy (non-hydrogen) atoms. The molecule has 0 aliphatic carbocycles. The quantitative estimate of drug-likeness (QED) is 0.574. The van der Waals surface area contributed by atoms with Crippen LogP contribution in [0.4, 0.5) is 0 Å². The third-order valence-electron chi connectivity index (χ3n) is 2.20. The number of hydrogen-bond donors (Lipinski definition) is 1. The molecule has 1 atom stereocenters. The molecule has 1 aliphatic rings. The van der Waals surface area contributed by atoms with Crippen molar-refractivity contribution in [1.29, 1.82) is 0 Å². The molecule has 0 spiro atoms. The van der Waals surface area contributed by atoms with Gasteiger partial charge in [0.05, 0.1) is 6.04 Å². The van der Waals surface area contributed by atoms with Gasteiger partial charge in [0.15, 0.2) is 0 Å². The number of nitrogens with zero attached hydrogens (tertiary/aromatic N) is 1. The smallest absolute Gasteiger partial charge is 0.148 e. The molecule has 1 saturated heterocycles. The van der Waals surface area contributed by atoms with Crippen LogP contribution in [0.5, 0.6) is 0 Å². The van der Waals surface area contributed by atoms with Crippen LogP contribution in [0.25, 0.3) is 0 Å². The highest BCUT2D eigenvalue weighted by molar-refractivity contribution is 5.81. The van der Waals surface area contributed by atoms with Gasteiger partial charge in [0.1, 0.15) is 5.78 Å². The zero-order chi connectivity index (χ0) is 8.27. The van der Waals surface area contributed by atoms with Crippen LogP contribution in [0.3, 0.4) is 0 Å². The molecule has 0 aromatic heterocycles. The topological polar surface area (TPSA) is 32.3 Å². The number of carbonyl (C=O) groups is 1. The lowest BCUT2D eigenvalue weighted by Crippen LogP contribution is -2.42. The van der Waals surface area contributed by atoms with Crippen LogP contribution in [0, 0.1) is 0 Å². The van der Waals surface area contributed by atoms with Crippen molar-refractivity contribution >= 4 is 5.78 Å². The summed E-state index contributed by atoms with van der Waals surface area (Å²) in [5, 5.41) is 3.25. The highest BCUT2D eigenvalue weighted by atomic mass is 16.1. The molecule has 0 amide bonds. The van der Waals surface area contributed by atoms with Gasteiger partial charge in [-0.05, 0) is 33.5 Å². The van der Waals surface area contributed by atoms with Gasteiger partial charge in [0, 0.05) is 6.54 Å². The lowest BCUT2D eigenvalue weighted by Gasteiger charge is -2.22. The highest BCUT2D eigenvalue weighted by Gasteiger charge is 2.20. The van der Waals surface area contributed by atoms with E-state index in [-0.39, 0.29) is 11.8 Å². The molecular weight excluding hydrogens is 140 g/mol. The van der Waals surface area contributed by atoms with Gasteiger partial charge in [0.2, 0.25) is 0 Å². The summed E-state index contributed by atoms with van der Waals surface area (Å²) < 4.78 is 0. The molecule has 1 aliphatic heterocycles. The van der Waals surface area contributed by atoms with E-state index >= 15 is 0 Å². The highest BCUT2D eigenvalue weighted by Crippen LogP contribution is 2.01. The predicted octanol–water partition coefficient (Wildman–Crippen LogP) is -0.131. The summed E-state index contributed by atoms with van der Waals surface area (Å²) >= 11 is 0. The van der Waals surface area contributed by atoms with Crippen LogP contribution in [-0.4, -0.2) is 43.4 Å². The number of rotatable bonds is 1. The third-order valence-corrected chi connectivity index (χ3v) is 2.20. The van der Waals surface area contributed by atoms with E-state index in [1.165, 1.54) is 0 Å². The van der Waals surface area contributed by atoms with Gasteiger partial charge in [-0.1, -0.05) is 0 Å². The first-order valence-corrected chi connectivity index (χ1v) is 4.13. The monoisotopic (exact) mass is 156 g/mol. The Balaban J connectivity index is 2.52. The van der Waals surface area contributed by atoms with Crippen LogP contribution in [0.2, 0.25) is 0 Å². The normalized spacial score (nSPS) is 28.0. The average Bonchev–Trinajstić information content (AvgIpc) is 2.13. The van der Waals surface area contributed by atoms with Crippen molar-refractivity contribution in [3.05, 3.63) is 0 Å². The maximum atomic E-state index is 11.1. The molecule has 0 aromatic rings. The van der Waals surface area contributed by atoms with Gasteiger partial charge in [-0.2, -0.15) is 0 Å². The lowest BCUT2D eigenvalue weighted by atomic mass is 10.2. The van der Waals surface area contributed by atoms with E-state index in [1.807, 2.05) is 7.05 Å². The Morgan fingerprint density at radius 2 is 2.36 bits per heavy atom. The van der Waals surface area contributed by atoms with Gasteiger partial charge in [-0.15, -0.1) is 0 Å². The average molecular weight is 156 g/mol. The first kappa shape index (κ1) is 8.68. The molecule has 1 heterocycles. The van der Waals surface area contributed by atoms with Crippen LogP contribution >= 0.6 is 0 Å². The van der Waals surface area contributed by atoms with E-state index in [0.29, 0.717) is 0 Å². The molecule has 1 rings (SSSR count). The second-order valence-corrected chi connectivity index (χ2v) is 3.16. The Morgan fingerprint density at radius 1 is 1.64 bits per heavy atom. The molecule has 0 bridgehead atoms. The summed E-state index contributed by atoms with van der Waals surface area (Å²) in [7, 11) is 2.01. The van der Waals surface area contributed by atoms with Crippen LogP contribution in [-0.2, 0) is 4.79 Å². The van der Waals surface area contributed by atoms with Gasteiger partial charge >= 0.3 is 0 Å². The van der Waals surface area contributed by atoms with Gasteiger partial charge in [-0.3, -0.25) is 9.69 Å². The van der Waals surface area contributed by atoms with Gasteiger partial charge in [0.25, 0.3) is 0 Å². The van der Waals surface area contributed by atoms with E-state index in [9.17, 15) is 4.79 Å². The van der Waals surface area contributed by atoms with Crippen molar-refractivity contribution in [2.24, 2.45) is 0 Å². The van der Waals surface area contributed by atoms with Gasteiger partial charge < -0.3 is 5.32 Å². The second kappa shape index (κ2) is 3.83. The van der Waals surface area contributed by atoms with Crippen LogP contribution < -0.4 is 5.32 Å². The standard InChI is InChI=1S/C8H16N2O/c1-7(11)8-6-9-4-3-5-10(8)2/h8-9H,3-6H2,1-2H3. The van der Waals surface area contributed by atoms with E-state index in [4.69, 9.17) is 0 Å². The van der Waals surface area contributed by atoms with E-state index in [2.05, 4.69) is 10.2 Å². The minimum Gasteiger partial charge on any atom is -0.315 e. The molecule has 3 nitrogen and oxygen atoms in total. The van der Waals surface area contributed by atoms with E-state index < -0.39 is 0 Å². The van der Waals surface area contributed by atoms with Crippen molar-refractivity contribution in [2.75, 3.05) is 26.7 Å². The number of hydrogen-bond acceptors (Lipinski definition) is 3. The largest absolute Gasteiger partial charge is 0.315 e. The minimum atomic E-state index is 0.0949. The predicted molar refractivity (Wildman–Crippen MR) is 44.6 cm³/mol. The van der Waals surface area contributed by atoms with Crippen molar-refractivity contribution in [3.63, 3.8) is 0 Å². The summed E-state index contributed by atoms with van der Waals surface area (Å²) in [6.45, 7) is 4.53. The number of Topliss-reactive ketones (excluding diaryl/α,β-unsaturated/α-hetero) is 1. The zero-order valence-electron chi connectivity index (χ0n) is 7.26. The van der Waals surface area contributed by atoms with Crippen LogP contribution in [0.1, 0.15) is 13.3 Å². The first-order chi connectivity index (χ1) is 5.22. The summed E-state index contributed by atoms with van der Waals surface area (Å²) in [6.07, 6.45) is 1.14. The molecule has 1 N–H and O–H groups in total. The van der Waals surface area contributed by atoms with Crippen molar-refractivity contribution in [2.45, 2.75) is 19.4 Å². The fraction of sp³-hybridized carbons (Fsp3) is 0.875. The van der Waals surface area contributed by atoms with Crippen LogP contribution in [0.15, 0.2) is 0 Å². The maximum absolute atomic E-state index is 11.1. The fourth-order valence-electron chi connectivity index (χ4n) is 1.46. The van der Waals surface area contributed by atoms with Crippen molar-refractivity contribution in [3.8, 4) is 0 Å². The summed E-state index contributed by atoms with van der Waals surface area (Å²) in [4.78, 5) is 13.2. The first-order valence-electron chi connectivity index (χ1n) is 4.13. The molecule has 0 aromatic carbocycles. The molecule has 64 valence electrons. The Hall–Kier alpha value is -0.410. The Labute approximate surface area is 67.8 Å². The Kier molecular flexibility index (Phi) is 3.02. The summed E-state index contributed by atoms with van der Waals surface area (Å²) in [5.41, 5.74) is 0. The molecular formula is C8H16N2O. The van der Waals surface area contributed by atoms with E-state index in [0.717, 1.165) is 26.1 Å². The summed E-state index contributed by atoms with van der Waals surface area (Å²) in [6, 6.07) is 0.0949. The molecule has 0 saturated carbocycles. The number of ketones is 1. The second-order valence-electron chi connectivity index (χ2n) is 3.16. The van der Waals surface area contributed by atoms with E-state index in [1.54, 1.807) is 6.92 Å². The molecule has 1 fully saturated rings.